The van der Waals surface area contributed by atoms with E-state index in [-0.39, 0.29) is 32.8 Å². The van der Waals surface area contributed by atoms with Crippen LogP contribution in [0.2, 0.25) is 10.0 Å². The molecule has 172 valence electrons. The van der Waals surface area contributed by atoms with Crippen molar-refractivity contribution < 1.29 is 17.9 Å². The Labute approximate surface area is 198 Å². The maximum Gasteiger partial charge on any atom is 0.244 e. The highest BCUT2D eigenvalue weighted by atomic mass is 35.5. The van der Waals surface area contributed by atoms with Gasteiger partial charge in [0.05, 0.1) is 23.7 Å². The highest BCUT2D eigenvalue weighted by Gasteiger charge is 2.50. The van der Waals surface area contributed by atoms with E-state index in [0.717, 1.165) is 12.1 Å². The van der Waals surface area contributed by atoms with Crippen LogP contribution in [-0.4, -0.2) is 60.9 Å². The molecule has 10 heteroatoms. The molecule has 2 saturated heterocycles. The molecule has 3 atom stereocenters. The summed E-state index contributed by atoms with van der Waals surface area (Å²) in [6.07, 6.45) is 3.56. The zero-order chi connectivity index (χ0) is 22.9. The number of hydrogen-bond donors (Lipinski definition) is 0. The third-order valence-electron chi connectivity index (χ3n) is 6.08. The fourth-order valence-electron chi connectivity index (χ4n) is 4.74. The predicted octanol–water partition coefficient (Wildman–Crippen LogP) is 3.61. The molecule has 1 amide bonds. The Morgan fingerprint density at radius 1 is 1.16 bits per heavy atom. The SMILES string of the molecule is COCC1CN(Cc2ccccn2)C(=O)C2CCCC1N2S(=O)(=O)c1cc(Cl)cc(Cl)c1. The summed E-state index contributed by atoms with van der Waals surface area (Å²) in [5, 5.41) is 0.459. The summed E-state index contributed by atoms with van der Waals surface area (Å²) in [5.41, 5.74) is 0.754. The summed E-state index contributed by atoms with van der Waals surface area (Å²) in [6, 6.07) is 8.64. The van der Waals surface area contributed by atoms with Crippen LogP contribution in [0.5, 0.6) is 0 Å². The number of methoxy groups -OCH3 is 1. The molecule has 0 radical (unpaired) electrons. The fraction of sp³-hybridized carbons (Fsp3) is 0.455. The molecule has 3 heterocycles. The summed E-state index contributed by atoms with van der Waals surface area (Å²) >= 11 is 12.2. The lowest BCUT2D eigenvalue weighted by Gasteiger charge is -2.40. The lowest BCUT2D eigenvalue weighted by Crippen LogP contribution is -2.55. The fourth-order valence-corrected chi connectivity index (χ4v) is 7.35. The van der Waals surface area contributed by atoms with Gasteiger partial charge in [-0.25, -0.2) is 8.42 Å². The molecule has 2 fully saturated rings. The van der Waals surface area contributed by atoms with Gasteiger partial charge in [0.1, 0.15) is 6.04 Å². The van der Waals surface area contributed by atoms with Gasteiger partial charge in [-0.15, -0.1) is 0 Å². The molecule has 3 unspecified atom stereocenters. The molecule has 1 aromatic heterocycles. The minimum atomic E-state index is -4.02. The van der Waals surface area contributed by atoms with Crippen molar-refractivity contribution in [3.63, 3.8) is 0 Å². The van der Waals surface area contributed by atoms with E-state index in [4.69, 9.17) is 27.9 Å². The molecule has 0 saturated carbocycles. The molecule has 2 aliphatic rings. The molecule has 7 nitrogen and oxygen atoms in total. The Balaban J connectivity index is 1.76. The molecule has 0 N–H and O–H groups in total. The van der Waals surface area contributed by atoms with Gasteiger partial charge in [-0.2, -0.15) is 4.31 Å². The zero-order valence-corrected chi connectivity index (χ0v) is 20.0. The number of carbonyl (C=O) groups is 1. The van der Waals surface area contributed by atoms with Crippen LogP contribution in [0.4, 0.5) is 0 Å². The summed E-state index contributed by atoms with van der Waals surface area (Å²) in [7, 11) is -2.44. The molecule has 0 aliphatic carbocycles. The van der Waals surface area contributed by atoms with E-state index in [1.165, 1.54) is 22.5 Å². The number of halogens is 2. The zero-order valence-electron chi connectivity index (χ0n) is 17.7. The third kappa shape index (κ3) is 4.65. The Hall–Kier alpha value is -1.71. The van der Waals surface area contributed by atoms with Gasteiger partial charge in [-0.1, -0.05) is 29.3 Å². The van der Waals surface area contributed by atoms with Gasteiger partial charge in [0.2, 0.25) is 15.9 Å². The van der Waals surface area contributed by atoms with Crippen molar-refractivity contribution in [3.05, 3.63) is 58.3 Å². The minimum Gasteiger partial charge on any atom is -0.384 e. The van der Waals surface area contributed by atoms with Crippen molar-refractivity contribution in [2.75, 3.05) is 20.3 Å². The second-order valence-electron chi connectivity index (χ2n) is 8.21. The van der Waals surface area contributed by atoms with Crippen molar-refractivity contribution in [2.24, 2.45) is 5.92 Å². The molecule has 32 heavy (non-hydrogen) atoms. The summed E-state index contributed by atoms with van der Waals surface area (Å²) in [4.78, 5) is 19.7. The number of aromatic nitrogens is 1. The van der Waals surface area contributed by atoms with Gasteiger partial charge in [-0.3, -0.25) is 9.78 Å². The van der Waals surface area contributed by atoms with E-state index in [2.05, 4.69) is 4.98 Å². The molecule has 2 aromatic rings. The Kier molecular flexibility index (Phi) is 7.07. The Bertz CT molecular complexity index is 1060. The van der Waals surface area contributed by atoms with Gasteiger partial charge < -0.3 is 9.64 Å². The monoisotopic (exact) mass is 497 g/mol. The lowest BCUT2D eigenvalue weighted by atomic mass is 9.91. The number of fused-ring (bicyclic) bond motifs is 2. The first-order valence-electron chi connectivity index (χ1n) is 10.5. The van der Waals surface area contributed by atoms with Gasteiger partial charge in [0.15, 0.2) is 0 Å². The minimum absolute atomic E-state index is 0.00552. The van der Waals surface area contributed by atoms with Crippen molar-refractivity contribution in [3.8, 4) is 0 Å². The Morgan fingerprint density at radius 2 is 1.91 bits per heavy atom. The second kappa shape index (κ2) is 9.65. The summed E-state index contributed by atoms with van der Waals surface area (Å²) in [6.45, 7) is 1.05. The van der Waals surface area contributed by atoms with E-state index < -0.39 is 16.1 Å². The highest BCUT2D eigenvalue weighted by molar-refractivity contribution is 7.89. The van der Waals surface area contributed by atoms with Crippen LogP contribution in [-0.2, 0) is 26.1 Å². The second-order valence-corrected chi connectivity index (χ2v) is 10.9. The van der Waals surface area contributed by atoms with E-state index in [1.807, 2.05) is 18.2 Å². The topological polar surface area (TPSA) is 79.8 Å². The van der Waals surface area contributed by atoms with E-state index >= 15 is 0 Å². The maximum atomic E-state index is 13.8. The highest BCUT2D eigenvalue weighted by Crippen LogP contribution is 2.38. The first-order valence-corrected chi connectivity index (χ1v) is 12.7. The molecule has 2 bridgehead atoms. The standard InChI is InChI=1S/C22H25Cl2N3O4S/c1-31-14-15-12-26(13-18-5-2-3-8-25-18)22(28)21-7-4-6-20(15)27(21)32(29,30)19-10-16(23)9-17(24)11-19/h2-3,5,8-11,15,20-21H,4,6-7,12-14H2,1H3. The van der Waals surface area contributed by atoms with Crippen molar-refractivity contribution in [1.82, 2.24) is 14.2 Å². The number of rotatable bonds is 6. The average Bonchev–Trinajstić information content (AvgIpc) is 2.82. The van der Waals surface area contributed by atoms with E-state index in [1.54, 1.807) is 18.2 Å². The normalized spacial score (nSPS) is 24.4. The van der Waals surface area contributed by atoms with Crippen LogP contribution in [0.15, 0.2) is 47.5 Å². The average molecular weight is 498 g/mol. The first-order chi connectivity index (χ1) is 15.3. The van der Waals surface area contributed by atoms with E-state index in [0.29, 0.717) is 32.5 Å². The smallest absolute Gasteiger partial charge is 0.244 e. The first kappa shape index (κ1) is 23.4. The third-order valence-corrected chi connectivity index (χ3v) is 8.43. The number of sulfonamides is 1. The summed E-state index contributed by atoms with van der Waals surface area (Å²) in [5.74, 6) is -0.391. The van der Waals surface area contributed by atoms with Crippen LogP contribution in [0, 0.1) is 5.92 Å². The van der Waals surface area contributed by atoms with Gasteiger partial charge >= 0.3 is 0 Å². The molecule has 1 aromatic carbocycles. The van der Waals surface area contributed by atoms with Gasteiger partial charge in [0, 0.05) is 41.9 Å². The number of hydrogen-bond acceptors (Lipinski definition) is 5. The molecule has 4 rings (SSSR count). The molecular weight excluding hydrogens is 473 g/mol. The van der Waals surface area contributed by atoms with E-state index in [9.17, 15) is 13.2 Å². The summed E-state index contributed by atoms with van der Waals surface area (Å²) < 4.78 is 34.4. The van der Waals surface area contributed by atoms with Crippen molar-refractivity contribution in [1.29, 1.82) is 0 Å². The maximum absolute atomic E-state index is 13.8. The largest absolute Gasteiger partial charge is 0.384 e. The Morgan fingerprint density at radius 3 is 2.56 bits per heavy atom. The van der Waals surface area contributed by atoms with Gasteiger partial charge in [-0.05, 0) is 49.6 Å². The van der Waals surface area contributed by atoms with Crippen molar-refractivity contribution in [2.45, 2.75) is 42.8 Å². The quantitative estimate of drug-likeness (QED) is 0.608. The lowest BCUT2D eigenvalue weighted by molar-refractivity contribution is -0.135. The number of benzene rings is 1. The molecule has 2 aliphatic heterocycles. The van der Waals surface area contributed by atoms with Crippen molar-refractivity contribution >= 4 is 39.1 Å². The number of pyridine rings is 1. The van der Waals surface area contributed by atoms with Crippen LogP contribution < -0.4 is 0 Å². The number of piperidine rings is 1. The number of ether oxygens (including phenoxy) is 1. The van der Waals surface area contributed by atoms with Crippen LogP contribution >= 0.6 is 23.2 Å². The number of amides is 1. The predicted molar refractivity (Wildman–Crippen MR) is 122 cm³/mol. The van der Waals surface area contributed by atoms with Crippen LogP contribution in [0.1, 0.15) is 25.0 Å². The molecular formula is C22H25Cl2N3O4S. The van der Waals surface area contributed by atoms with Crippen LogP contribution in [0.3, 0.4) is 0 Å². The van der Waals surface area contributed by atoms with Crippen LogP contribution in [0.25, 0.3) is 0 Å². The number of carbonyl (C=O) groups excluding carboxylic acids is 1. The molecule has 0 spiro atoms. The number of nitrogens with zero attached hydrogens (tertiary/aromatic N) is 3. The van der Waals surface area contributed by atoms with Gasteiger partial charge in [0.25, 0.3) is 0 Å².